The molecule has 7 nitrogen and oxygen atoms in total. The summed E-state index contributed by atoms with van der Waals surface area (Å²) in [5.41, 5.74) is 0.370. The van der Waals surface area contributed by atoms with Gasteiger partial charge in [-0.2, -0.15) is 4.31 Å². The number of hydrogen-bond donors (Lipinski definition) is 1. The minimum absolute atomic E-state index is 0.0147. The van der Waals surface area contributed by atoms with Gasteiger partial charge in [-0.15, -0.1) is 11.3 Å². The van der Waals surface area contributed by atoms with Gasteiger partial charge in [0.15, 0.2) is 0 Å². The molecule has 28 heavy (non-hydrogen) atoms. The number of carbonyl (C=O) groups excluding carboxylic acids is 1. The number of carbonyl (C=O) groups is 1. The number of amides is 1. The van der Waals surface area contributed by atoms with Crippen LogP contribution in [0.4, 0.5) is 5.69 Å². The first-order valence-corrected chi connectivity index (χ1v) is 11.5. The van der Waals surface area contributed by atoms with E-state index in [0.717, 1.165) is 8.66 Å². The number of morpholine rings is 1. The Balaban J connectivity index is 1.80. The Bertz CT molecular complexity index is 982. The Morgan fingerprint density at radius 1 is 1.29 bits per heavy atom. The zero-order chi connectivity index (χ0) is 20.1. The smallest absolute Gasteiger partial charge is 0.248 e. The Kier molecular flexibility index (Phi) is 6.89. The number of thiophene rings is 1. The van der Waals surface area contributed by atoms with Crippen LogP contribution in [0, 0.1) is 0 Å². The molecule has 1 aliphatic rings. The molecule has 1 aliphatic heterocycles. The van der Waals surface area contributed by atoms with Gasteiger partial charge in [-0.1, -0.05) is 0 Å². The number of hydrogen-bond acceptors (Lipinski definition) is 6. The highest BCUT2D eigenvalue weighted by atomic mass is 79.9. The van der Waals surface area contributed by atoms with Gasteiger partial charge in [0, 0.05) is 29.7 Å². The largest absolute Gasteiger partial charge is 0.495 e. The molecule has 1 N–H and O–H groups in total. The standard InChI is InChI=1S/C18H19BrN2O5S2/c1-25-15-5-2-13(20-18(22)7-4-14-3-6-17(19)27-14)12-16(15)28(23,24)21-8-10-26-11-9-21/h2-7,12H,8-11H2,1H3,(H,20,22)/b7-4+. The molecule has 0 spiro atoms. The molecule has 0 bridgehead atoms. The van der Waals surface area contributed by atoms with Crippen LogP contribution in [0.25, 0.3) is 6.08 Å². The molecule has 1 saturated heterocycles. The Hall–Kier alpha value is -1.72. The zero-order valence-electron chi connectivity index (χ0n) is 15.1. The number of halogens is 1. The fraction of sp³-hybridized carbons (Fsp3) is 0.278. The molecule has 1 amide bonds. The lowest BCUT2D eigenvalue weighted by molar-refractivity contribution is -0.111. The fourth-order valence-electron chi connectivity index (χ4n) is 2.64. The SMILES string of the molecule is COc1ccc(NC(=O)/C=C/c2ccc(Br)s2)cc1S(=O)(=O)N1CCOCC1. The van der Waals surface area contributed by atoms with Crippen molar-refractivity contribution in [2.45, 2.75) is 4.90 Å². The lowest BCUT2D eigenvalue weighted by Crippen LogP contribution is -2.40. The van der Waals surface area contributed by atoms with Gasteiger partial charge in [-0.25, -0.2) is 8.42 Å². The highest BCUT2D eigenvalue weighted by molar-refractivity contribution is 9.11. The normalized spacial score (nSPS) is 15.6. The van der Waals surface area contributed by atoms with Crippen LogP contribution < -0.4 is 10.1 Å². The summed E-state index contributed by atoms with van der Waals surface area (Å²) in [6.07, 6.45) is 3.10. The van der Waals surface area contributed by atoms with Gasteiger partial charge < -0.3 is 14.8 Å². The first-order chi connectivity index (χ1) is 13.4. The van der Waals surface area contributed by atoms with Crippen molar-refractivity contribution in [1.29, 1.82) is 0 Å². The van der Waals surface area contributed by atoms with E-state index in [1.165, 1.54) is 41.0 Å². The Morgan fingerprint density at radius 3 is 2.68 bits per heavy atom. The van der Waals surface area contributed by atoms with Crippen LogP contribution in [0.2, 0.25) is 0 Å². The average Bonchev–Trinajstić information content (AvgIpc) is 3.12. The number of nitrogens with zero attached hydrogens (tertiary/aromatic N) is 1. The predicted octanol–water partition coefficient (Wildman–Crippen LogP) is 3.19. The van der Waals surface area contributed by atoms with Gasteiger partial charge in [0.2, 0.25) is 15.9 Å². The van der Waals surface area contributed by atoms with Crippen molar-refractivity contribution in [1.82, 2.24) is 4.31 Å². The maximum Gasteiger partial charge on any atom is 0.248 e. The highest BCUT2D eigenvalue weighted by Crippen LogP contribution is 2.30. The van der Waals surface area contributed by atoms with Gasteiger partial charge >= 0.3 is 0 Å². The molecule has 1 aromatic carbocycles. The van der Waals surface area contributed by atoms with Crippen LogP contribution in [-0.2, 0) is 19.6 Å². The summed E-state index contributed by atoms with van der Waals surface area (Å²) in [5, 5.41) is 2.69. The summed E-state index contributed by atoms with van der Waals surface area (Å²) in [7, 11) is -2.35. The zero-order valence-corrected chi connectivity index (χ0v) is 18.3. The van der Waals surface area contributed by atoms with E-state index in [9.17, 15) is 13.2 Å². The summed E-state index contributed by atoms with van der Waals surface area (Å²) in [6, 6.07) is 8.33. The number of nitrogens with one attached hydrogen (secondary N) is 1. The molecular weight excluding hydrogens is 468 g/mol. The predicted molar refractivity (Wildman–Crippen MR) is 112 cm³/mol. The molecule has 0 radical (unpaired) electrons. The minimum Gasteiger partial charge on any atom is -0.495 e. The van der Waals surface area contributed by atoms with E-state index in [1.54, 1.807) is 12.1 Å². The third-order valence-electron chi connectivity index (χ3n) is 4.01. The molecule has 3 rings (SSSR count). The van der Waals surface area contributed by atoms with Crippen molar-refractivity contribution in [3.63, 3.8) is 0 Å². The summed E-state index contributed by atoms with van der Waals surface area (Å²) < 4.78 is 38.7. The van der Waals surface area contributed by atoms with E-state index < -0.39 is 10.0 Å². The van der Waals surface area contributed by atoms with Gasteiger partial charge in [-0.05, 0) is 52.3 Å². The molecule has 10 heteroatoms. The highest BCUT2D eigenvalue weighted by Gasteiger charge is 2.29. The van der Waals surface area contributed by atoms with Crippen LogP contribution in [-0.4, -0.2) is 52.0 Å². The van der Waals surface area contributed by atoms with Gasteiger partial charge in [0.05, 0.1) is 24.1 Å². The second kappa shape index (κ2) is 9.19. The van der Waals surface area contributed by atoms with E-state index in [1.807, 2.05) is 12.1 Å². The first kappa shape index (κ1) is 21.0. The number of sulfonamides is 1. The molecule has 2 heterocycles. The summed E-state index contributed by atoms with van der Waals surface area (Å²) in [6.45, 7) is 1.26. The van der Waals surface area contributed by atoms with Crippen LogP contribution >= 0.6 is 27.3 Å². The number of methoxy groups -OCH3 is 1. The van der Waals surface area contributed by atoms with Crippen molar-refractivity contribution < 1.29 is 22.7 Å². The van der Waals surface area contributed by atoms with Crippen molar-refractivity contribution in [2.24, 2.45) is 0 Å². The second-order valence-electron chi connectivity index (χ2n) is 5.85. The van der Waals surface area contributed by atoms with Crippen molar-refractivity contribution in [2.75, 3.05) is 38.7 Å². The first-order valence-electron chi connectivity index (χ1n) is 8.40. The lowest BCUT2D eigenvalue weighted by atomic mass is 10.3. The Labute approximate surface area is 176 Å². The quantitative estimate of drug-likeness (QED) is 0.633. The molecule has 0 unspecified atom stereocenters. The summed E-state index contributed by atoms with van der Waals surface area (Å²) >= 11 is 4.87. The Morgan fingerprint density at radius 2 is 2.04 bits per heavy atom. The van der Waals surface area contributed by atoms with Crippen molar-refractivity contribution >= 4 is 55.0 Å². The third-order valence-corrected chi connectivity index (χ3v) is 7.52. The van der Waals surface area contributed by atoms with E-state index in [4.69, 9.17) is 9.47 Å². The monoisotopic (exact) mass is 486 g/mol. The van der Waals surface area contributed by atoms with Gasteiger partial charge in [0.25, 0.3) is 0 Å². The summed E-state index contributed by atoms with van der Waals surface area (Å²) in [4.78, 5) is 13.1. The molecule has 150 valence electrons. The number of rotatable bonds is 6. The molecule has 0 saturated carbocycles. The molecule has 0 atom stereocenters. The minimum atomic E-state index is -3.76. The van der Waals surface area contributed by atoms with E-state index in [2.05, 4.69) is 21.2 Å². The van der Waals surface area contributed by atoms with Crippen LogP contribution in [0.15, 0.2) is 45.1 Å². The van der Waals surface area contributed by atoms with Crippen LogP contribution in [0.1, 0.15) is 4.88 Å². The average molecular weight is 487 g/mol. The lowest BCUT2D eigenvalue weighted by Gasteiger charge is -2.26. The maximum atomic E-state index is 13.0. The molecular formula is C18H19BrN2O5S2. The topological polar surface area (TPSA) is 84.9 Å². The van der Waals surface area contributed by atoms with Crippen molar-refractivity contribution in [3.05, 3.63) is 45.1 Å². The second-order valence-corrected chi connectivity index (χ2v) is 10.2. The summed E-state index contributed by atoms with van der Waals surface area (Å²) in [5.74, 6) is -0.132. The van der Waals surface area contributed by atoms with Crippen molar-refractivity contribution in [3.8, 4) is 5.75 Å². The number of anilines is 1. The molecule has 1 aromatic heterocycles. The van der Waals surface area contributed by atoms with E-state index in [-0.39, 0.29) is 29.6 Å². The van der Waals surface area contributed by atoms with Crippen LogP contribution in [0.5, 0.6) is 5.75 Å². The van der Waals surface area contributed by atoms with E-state index in [0.29, 0.717) is 18.9 Å². The van der Waals surface area contributed by atoms with Gasteiger partial charge in [0.1, 0.15) is 10.6 Å². The molecule has 2 aromatic rings. The third kappa shape index (κ3) is 5.00. The molecule has 1 fully saturated rings. The number of benzene rings is 1. The van der Waals surface area contributed by atoms with Gasteiger partial charge in [-0.3, -0.25) is 4.79 Å². The maximum absolute atomic E-state index is 13.0. The van der Waals surface area contributed by atoms with Crippen LogP contribution in [0.3, 0.4) is 0 Å². The van der Waals surface area contributed by atoms with E-state index >= 15 is 0 Å². The fourth-order valence-corrected chi connectivity index (χ4v) is 5.56. The molecule has 0 aliphatic carbocycles. The number of ether oxygens (including phenoxy) is 2.